The van der Waals surface area contributed by atoms with Gasteiger partial charge in [-0.1, -0.05) is 12.1 Å². The Balaban J connectivity index is 1.83. The van der Waals surface area contributed by atoms with Gasteiger partial charge < -0.3 is 5.32 Å². The Labute approximate surface area is 144 Å². The summed E-state index contributed by atoms with van der Waals surface area (Å²) in [6.07, 6.45) is -3.59. The van der Waals surface area contributed by atoms with Crippen LogP contribution in [0, 0.1) is 5.82 Å². The highest BCUT2D eigenvalue weighted by Crippen LogP contribution is 2.14. The van der Waals surface area contributed by atoms with Gasteiger partial charge in [0, 0.05) is 26.2 Å². The van der Waals surface area contributed by atoms with Crippen LogP contribution in [0.1, 0.15) is 18.9 Å². The van der Waals surface area contributed by atoms with Crippen LogP contribution in [0.4, 0.5) is 17.6 Å². The van der Waals surface area contributed by atoms with Crippen molar-refractivity contribution in [2.45, 2.75) is 32.1 Å². The first-order valence-corrected chi connectivity index (χ1v) is 8.30. The van der Waals surface area contributed by atoms with Gasteiger partial charge in [-0.25, -0.2) is 4.39 Å². The van der Waals surface area contributed by atoms with E-state index in [1.165, 1.54) is 12.1 Å². The van der Waals surface area contributed by atoms with E-state index in [9.17, 15) is 22.4 Å². The summed E-state index contributed by atoms with van der Waals surface area (Å²) in [5, 5.41) is 1.94. The lowest BCUT2D eigenvalue weighted by Gasteiger charge is -2.27. The molecule has 1 heterocycles. The van der Waals surface area contributed by atoms with Gasteiger partial charge in [0.2, 0.25) is 5.91 Å². The molecule has 1 aromatic rings. The first kappa shape index (κ1) is 19.7. The predicted octanol–water partition coefficient (Wildman–Crippen LogP) is 2.40. The van der Waals surface area contributed by atoms with Gasteiger partial charge in [0.1, 0.15) is 12.4 Å². The molecule has 25 heavy (non-hydrogen) atoms. The number of carbonyl (C=O) groups excluding carboxylic acids is 1. The fourth-order valence-electron chi connectivity index (χ4n) is 2.89. The van der Waals surface area contributed by atoms with Crippen LogP contribution in [-0.2, 0) is 11.3 Å². The Kier molecular flexibility index (Phi) is 6.78. The van der Waals surface area contributed by atoms with Gasteiger partial charge in [0.15, 0.2) is 0 Å². The predicted molar refractivity (Wildman–Crippen MR) is 86.4 cm³/mol. The summed E-state index contributed by atoms with van der Waals surface area (Å²) in [6, 6.07) is 5.73. The molecule has 0 spiro atoms. The van der Waals surface area contributed by atoms with Crippen molar-refractivity contribution in [2.24, 2.45) is 0 Å². The number of rotatable bonds is 5. The number of hydrogen-bond donors (Lipinski definition) is 1. The molecule has 4 nitrogen and oxygen atoms in total. The van der Waals surface area contributed by atoms with Crippen LogP contribution in [0.25, 0.3) is 0 Å². The molecular weight excluding hydrogens is 338 g/mol. The van der Waals surface area contributed by atoms with E-state index in [1.807, 2.05) is 10.2 Å². The standard InChI is InChI=1S/C17H23F4N3O/c1-13(16(25)22-12-17(19,20)21)24-8-2-7-23(9-10-24)11-14-3-5-15(18)6-4-14/h3-6,13H,2,7-12H2,1H3,(H,22,25). The molecule has 0 bridgehead atoms. The van der Waals surface area contributed by atoms with Crippen molar-refractivity contribution in [3.63, 3.8) is 0 Å². The van der Waals surface area contributed by atoms with Gasteiger partial charge >= 0.3 is 6.18 Å². The summed E-state index contributed by atoms with van der Waals surface area (Å²) in [7, 11) is 0. The molecule has 1 atom stereocenters. The first-order chi connectivity index (χ1) is 11.7. The number of hydrogen-bond acceptors (Lipinski definition) is 3. The Hall–Kier alpha value is -1.67. The van der Waals surface area contributed by atoms with Crippen LogP contribution in [-0.4, -0.2) is 60.6 Å². The molecule has 1 aromatic carbocycles. The lowest BCUT2D eigenvalue weighted by atomic mass is 10.2. The van der Waals surface area contributed by atoms with Crippen LogP contribution in [0.5, 0.6) is 0 Å². The summed E-state index contributed by atoms with van der Waals surface area (Å²) in [6.45, 7) is 3.78. The van der Waals surface area contributed by atoms with Crippen molar-refractivity contribution >= 4 is 5.91 Å². The molecule has 1 fully saturated rings. The van der Waals surface area contributed by atoms with E-state index in [0.717, 1.165) is 18.5 Å². The minimum atomic E-state index is -4.40. The maximum atomic E-state index is 13.0. The van der Waals surface area contributed by atoms with E-state index < -0.39 is 24.7 Å². The number of carbonyl (C=O) groups is 1. The lowest BCUT2D eigenvalue weighted by molar-refractivity contribution is -0.141. The summed E-state index contributed by atoms with van der Waals surface area (Å²) in [4.78, 5) is 16.0. The second kappa shape index (κ2) is 8.62. The normalized spacial score (nSPS) is 18.6. The first-order valence-electron chi connectivity index (χ1n) is 8.30. The second-order valence-electron chi connectivity index (χ2n) is 6.30. The summed E-state index contributed by atoms with van der Waals surface area (Å²) < 4.78 is 49.6. The van der Waals surface area contributed by atoms with Gasteiger partial charge in [0.05, 0.1) is 6.04 Å². The molecule has 140 valence electrons. The van der Waals surface area contributed by atoms with Crippen molar-refractivity contribution in [1.29, 1.82) is 0 Å². The van der Waals surface area contributed by atoms with E-state index in [2.05, 4.69) is 4.90 Å². The van der Waals surface area contributed by atoms with E-state index >= 15 is 0 Å². The van der Waals surface area contributed by atoms with E-state index in [-0.39, 0.29) is 5.82 Å². The topological polar surface area (TPSA) is 35.6 Å². The van der Waals surface area contributed by atoms with Crippen molar-refractivity contribution < 1.29 is 22.4 Å². The maximum absolute atomic E-state index is 13.0. The van der Waals surface area contributed by atoms with Crippen LogP contribution in [0.15, 0.2) is 24.3 Å². The second-order valence-corrected chi connectivity index (χ2v) is 6.30. The number of nitrogens with one attached hydrogen (secondary N) is 1. The van der Waals surface area contributed by atoms with Crippen LogP contribution in [0.2, 0.25) is 0 Å². The molecular formula is C17H23F4N3O. The largest absolute Gasteiger partial charge is 0.405 e. The van der Waals surface area contributed by atoms with Crippen molar-refractivity contribution in [1.82, 2.24) is 15.1 Å². The van der Waals surface area contributed by atoms with Crippen molar-refractivity contribution in [2.75, 3.05) is 32.7 Å². The van der Waals surface area contributed by atoms with Gasteiger partial charge in [-0.3, -0.25) is 14.6 Å². The summed E-state index contributed by atoms with van der Waals surface area (Å²) >= 11 is 0. The Morgan fingerprint density at radius 1 is 1.16 bits per heavy atom. The quantitative estimate of drug-likeness (QED) is 0.818. The molecule has 1 N–H and O–H groups in total. The molecule has 1 aliphatic heterocycles. The highest BCUT2D eigenvalue weighted by Gasteiger charge is 2.30. The van der Waals surface area contributed by atoms with Gasteiger partial charge in [-0.05, 0) is 37.6 Å². The van der Waals surface area contributed by atoms with E-state index in [1.54, 1.807) is 19.1 Å². The molecule has 1 aliphatic rings. The van der Waals surface area contributed by atoms with Crippen molar-refractivity contribution in [3.8, 4) is 0 Å². The molecule has 2 rings (SSSR count). The molecule has 1 amide bonds. The zero-order chi connectivity index (χ0) is 18.4. The number of halogens is 4. The van der Waals surface area contributed by atoms with Gasteiger partial charge in [-0.15, -0.1) is 0 Å². The maximum Gasteiger partial charge on any atom is 0.405 e. The van der Waals surface area contributed by atoms with Crippen molar-refractivity contribution in [3.05, 3.63) is 35.6 Å². The Morgan fingerprint density at radius 3 is 2.48 bits per heavy atom. The van der Waals surface area contributed by atoms with Crippen LogP contribution in [0.3, 0.4) is 0 Å². The summed E-state index contributed by atoms with van der Waals surface area (Å²) in [5.41, 5.74) is 1.01. The van der Waals surface area contributed by atoms with E-state index in [4.69, 9.17) is 0 Å². The molecule has 0 aliphatic carbocycles. The Morgan fingerprint density at radius 2 is 1.84 bits per heavy atom. The molecule has 8 heteroatoms. The zero-order valence-electron chi connectivity index (χ0n) is 14.2. The lowest BCUT2D eigenvalue weighted by Crippen LogP contribution is -2.48. The zero-order valence-corrected chi connectivity index (χ0v) is 14.2. The molecule has 0 aromatic heterocycles. The minimum Gasteiger partial charge on any atom is -0.346 e. The Bertz CT molecular complexity index is 562. The molecule has 1 unspecified atom stereocenters. The molecule has 1 saturated heterocycles. The molecule has 0 saturated carbocycles. The smallest absolute Gasteiger partial charge is 0.346 e. The van der Waals surface area contributed by atoms with Gasteiger partial charge in [-0.2, -0.15) is 13.2 Å². The average molecular weight is 361 g/mol. The SMILES string of the molecule is CC(C(=O)NCC(F)(F)F)N1CCCN(Cc2ccc(F)cc2)CC1. The average Bonchev–Trinajstić information content (AvgIpc) is 2.79. The monoisotopic (exact) mass is 361 g/mol. The third-order valence-corrected chi connectivity index (χ3v) is 4.33. The molecule has 0 radical (unpaired) electrons. The van der Waals surface area contributed by atoms with Gasteiger partial charge in [0.25, 0.3) is 0 Å². The number of nitrogens with zero attached hydrogens (tertiary/aromatic N) is 2. The fourth-order valence-corrected chi connectivity index (χ4v) is 2.89. The number of amides is 1. The van der Waals surface area contributed by atoms with Crippen LogP contribution < -0.4 is 5.32 Å². The fraction of sp³-hybridized carbons (Fsp3) is 0.588. The van der Waals surface area contributed by atoms with E-state index in [0.29, 0.717) is 26.2 Å². The third-order valence-electron chi connectivity index (χ3n) is 4.33. The third kappa shape index (κ3) is 6.62. The van der Waals surface area contributed by atoms with Crippen LogP contribution >= 0.6 is 0 Å². The highest BCUT2D eigenvalue weighted by molar-refractivity contribution is 5.81. The summed E-state index contributed by atoms with van der Waals surface area (Å²) in [5.74, 6) is -0.881. The number of benzene rings is 1. The number of alkyl halides is 3. The highest BCUT2D eigenvalue weighted by atomic mass is 19.4. The minimum absolute atomic E-state index is 0.274.